The molecule has 0 aromatic heterocycles. The van der Waals surface area contributed by atoms with Gasteiger partial charge in [0, 0.05) is 17.8 Å². The van der Waals surface area contributed by atoms with Gasteiger partial charge in [-0.1, -0.05) is 13.8 Å². The van der Waals surface area contributed by atoms with Gasteiger partial charge in [-0.3, -0.25) is 4.79 Å². The summed E-state index contributed by atoms with van der Waals surface area (Å²) in [6.07, 6.45) is -3.85. The minimum atomic E-state index is -4.60. The fourth-order valence-electron chi connectivity index (χ4n) is 1.97. The summed E-state index contributed by atoms with van der Waals surface area (Å²) in [6.45, 7) is 5.17. The minimum Gasteiger partial charge on any atom is -0.376 e. The summed E-state index contributed by atoms with van der Waals surface area (Å²) < 4.78 is 39.1. The molecular formula is C15H20F3NO2. The highest BCUT2D eigenvalue weighted by Crippen LogP contribution is 2.35. The highest BCUT2D eigenvalue weighted by atomic mass is 19.4. The van der Waals surface area contributed by atoms with Gasteiger partial charge in [0.05, 0.1) is 5.56 Å². The van der Waals surface area contributed by atoms with Gasteiger partial charge in [-0.2, -0.15) is 13.2 Å². The molecule has 0 radical (unpaired) electrons. The Bertz CT molecular complexity index is 498. The molecule has 1 aromatic rings. The molecule has 1 N–H and O–H groups in total. The molecular weight excluding hydrogens is 283 g/mol. The van der Waals surface area contributed by atoms with E-state index >= 15 is 0 Å². The van der Waals surface area contributed by atoms with Crippen molar-refractivity contribution < 1.29 is 23.1 Å². The van der Waals surface area contributed by atoms with Crippen molar-refractivity contribution in [2.75, 3.05) is 18.2 Å². The molecule has 0 fully saturated rings. The lowest BCUT2D eigenvalue weighted by Crippen LogP contribution is -2.27. The van der Waals surface area contributed by atoms with Crippen molar-refractivity contribution >= 4 is 11.5 Å². The van der Waals surface area contributed by atoms with Crippen LogP contribution in [0.15, 0.2) is 18.2 Å². The Morgan fingerprint density at radius 1 is 1.33 bits per heavy atom. The number of nitrogens with zero attached hydrogens (tertiary/aromatic N) is 1. The first-order valence-electron chi connectivity index (χ1n) is 6.74. The molecule has 0 spiro atoms. The van der Waals surface area contributed by atoms with E-state index in [-0.39, 0.29) is 18.0 Å². The number of ketones is 1. The van der Waals surface area contributed by atoms with Crippen molar-refractivity contribution in [2.24, 2.45) is 5.92 Å². The average Bonchev–Trinajstić information content (AvgIpc) is 2.37. The molecule has 6 heteroatoms. The predicted octanol–water partition coefficient (Wildman–Crippen LogP) is 3.71. The number of alkyl halides is 3. The first-order valence-corrected chi connectivity index (χ1v) is 6.74. The van der Waals surface area contributed by atoms with E-state index in [0.29, 0.717) is 12.5 Å². The van der Waals surface area contributed by atoms with Crippen molar-refractivity contribution in [3.05, 3.63) is 29.3 Å². The van der Waals surface area contributed by atoms with Gasteiger partial charge in [0.25, 0.3) is 0 Å². The van der Waals surface area contributed by atoms with Crippen LogP contribution in [0, 0.1) is 5.92 Å². The number of anilines is 1. The van der Waals surface area contributed by atoms with Crippen LogP contribution < -0.4 is 4.90 Å². The maximum absolute atomic E-state index is 13.0. The Kier molecular flexibility index (Phi) is 5.78. The molecule has 3 nitrogen and oxygen atoms in total. The summed E-state index contributed by atoms with van der Waals surface area (Å²) in [5.74, 6) is -0.260. The fourth-order valence-corrected chi connectivity index (χ4v) is 1.97. The number of Topliss-reactive ketones (excluding diaryl/α,β-unsaturated/α-hetero) is 1. The van der Waals surface area contributed by atoms with E-state index in [0.717, 1.165) is 19.4 Å². The summed E-state index contributed by atoms with van der Waals surface area (Å²) in [5.41, 5.74) is -1.06. The van der Waals surface area contributed by atoms with E-state index in [9.17, 15) is 23.1 Å². The number of rotatable bonds is 6. The summed E-state index contributed by atoms with van der Waals surface area (Å²) >= 11 is 0. The monoisotopic (exact) mass is 303 g/mol. The van der Waals surface area contributed by atoms with Gasteiger partial charge in [-0.25, -0.2) is 0 Å². The zero-order valence-electron chi connectivity index (χ0n) is 12.4. The lowest BCUT2D eigenvalue weighted by Gasteiger charge is -2.24. The van der Waals surface area contributed by atoms with Crippen molar-refractivity contribution in [1.29, 1.82) is 0 Å². The largest absolute Gasteiger partial charge is 0.417 e. The summed E-state index contributed by atoms with van der Waals surface area (Å²) in [6, 6.07) is 3.52. The average molecular weight is 303 g/mol. The summed E-state index contributed by atoms with van der Waals surface area (Å²) in [5, 5.41) is 9.34. The number of halogens is 3. The minimum absolute atomic E-state index is 0.260. The maximum atomic E-state index is 13.0. The molecule has 0 atom stereocenters. The highest BCUT2D eigenvalue weighted by Gasteiger charge is 2.35. The Morgan fingerprint density at radius 2 is 1.95 bits per heavy atom. The number of carbonyl (C=O) groups excluding carboxylic acids is 1. The van der Waals surface area contributed by atoms with E-state index in [1.807, 2.05) is 13.8 Å². The van der Waals surface area contributed by atoms with Crippen LogP contribution >= 0.6 is 0 Å². The SMILES string of the molecule is CC(=O)c1ccc(N(CO)CCC(C)C)cc1C(F)(F)F. The molecule has 118 valence electrons. The molecule has 0 bridgehead atoms. The van der Waals surface area contributed by atoms with Gasteiger partial charge < -0.3 is 10.0 Å². The second-order valence-corrected chi connectivity index (χ2v) is 5.37. The molecule has 0 unspecified atom stereocenters. The van der Waals surface area contributed by atoms with E-state index < -0.39 is 17.5 Å². The molecule has 0 aliphatic rings. The molecule has 1 rings (SSSR count). The fraction of sp³-hybridized carbons (Fsp3) is 0.533. The van der Waals surface area contributed by atoms with Crippen molar-refractivity contribution in [3.8, 4) is 0 Å². The van der Waals surface area contributed by atoms with Crippen LogP contribution in [0.3, 0.4) is 0 Å². The highest BCUT2D eigenvalue weighted by molar-refractivity contribution is 5.96. The zero-order valence-corrected chi connectivity index (χ0v) is 12.4. The molecule has 0 saturated carbocycles. The predicted molar refractivity (Wildman–Crippen MR) is 75.3 cm³/mol. The van der Waals surface area contributed by atoms with E-state index in [2.05, 4.69) is 0 Å². The molecule has 0 aliphatic heterocycles. The second-order valence-electron chi connectivity index (χ2n) is 5.37. The van der Waals surface area contributed by atoms with Gasteiger partial charge in [-0.05, 0) is 37.5 Å². The smallest absolute Gasteiger partial charge is 0.376 e. The molecule has 0 aliphatic carbocycles. The zero-order chi connectivity index (χ0) is 16.2. The topological polar surface area (TPSA) is 40.5 Å². The second kappa shape index (κ2) is 6.93. The number of aliphatic hydroxyl groups excluding tert-OH is 1. The van der Waals surface area contributed by atoms with Crippen LogP contribution in [-0.4, -0.2) is 24.2 Å². The van der Waals surface area contributed by atoms with Gasteiger partial charge in [0.15, 0.2) is 5.78 Å². The van der Waals surface area contributed by atoms with Crippen molar-refractivity contribution in [1.82, 2.24) is 0 Å². The number of hydrogen-bond acceptors (Lipinski definition) is 3. The van der Waals surface area contributed by atoms with E-state index in [4.69, 9.17) is 0 Å². The Labute approximate surface area is 122 Å². The summed E-state index contributed by atoms with van der Waals surface area (Å²) in [4.78, 5) is 12.8. The number of hydrogen-bond donors (Lipinski definition) is 1. The third-order valence-electron chi connectivity index (χ3n) is 3.20. The standard InChI is InChI=1S/C15H20F3NO2/c1-10(2)6-7-19(9-20)12-4-5-13(11(3)21)14(8-12)15(16,17)18/h4-5,8,10,20H,6-7,9H2,1-3H3. The third kappa shape index (κ3) is 4.74. The maximum Gasteiger partial charge on any atom is 0.417 e. The lowest BCUT2D eigenvalue weighted by molar-refractivity contribution is -0.137. The van der Waals surface area contributed by atoms with Crippen molar-refractivity contribution in [3.63, 3.8) is 0 Å². The van der Waals surface area contributed by atoms with Crippen LogP contribution in [0.5, 0.6) is 0 Å². The first-order chi connectivity index (χ1) is 9.66. The number of aliphatic hydroxyl groups is 1. The van der Waals surface area contributed by atoms with Crippen molar-refractivity contribution in [2.45, 2.75) is 33.4 Å². The van der Waals surface area contributed by atoms with Crippen LogP contribution in [0.2, 0.25) is 0 Å². The Hall–Kier alpha value is -1.56. The lowest BCUT2D eigenvalue weighted by atomic mass is 10.0. The quantitative estimate of drug-likeness (QED) is 0.643. The molecule has 0 saturated heterocycles. The van der Waals surface area contributed by atoms with Crippen LogP contribution in [0.25, 0.3) is 0 Å². The Morgan fingerprint density at radius 3 is 2.38 bits per heavy atom. The van der Waals surface area contributed by atoms with E-state index in [1.54, 1.807) is 0 Å². The number of carbonyl (C=O) groups is 1. The van der Waals surface area contributed by atoms with Gasteiger partial charge >= 0.3 is 6.18 Å². The normalized spacial score (nSPS) is 11.8. The Balaban J connectivity index is 3.17. The molecule has 21 heavy (non-hydrogen) atoms. The number of benzene rings is 1. The molecule has 0 amide bonds. The van der Waals surface area contributed by atoms with Gasteiger partial charge in [0.2, 0.25) is 0 Å². The molecule has 1 aromatic carbocycles. The van der Waals surface area contributed by atoms with Crippen LogP contribution in [-0.2, 0) is 6.18 Å². The summed E-state index contributed by atoms with van der Waals surface area (Å²) in [7, 11) is 0. The molecule has 0 heterocycles. The van der Waals surface area contributed by atoms with E-state index in [1.165, 1.54) is 17.0 Å². The van der Waals surface area contributed by atoms with Crippen LogP contribution in [0.1, 0.15) is 43.1 Å². The van der Waals surface area contributed by atoms with Gasteiger partial charge in [0.1, 0.15) is 6.73 Å². The third-order valence-corrected chi connectivity index (χ3v) is 3.20. The first kappa shape index (κ1) is 17.5. The van der Waals surface area contributed by atoms with Crippen LogP contribution in [0.4, 0.5) is 18.9 Å². The van der Waals surface area contributed by atoms with Gasteiger partial charge in [-0.15, -0.1) is 0 Å².